The van der Waals surface area contributed by atoms with Crippen LogP contribution in [0.3, 0.4) is 0 Å². The van der Waals surface area contributed by atoms with Crippen LogP contribution in [0.2, 0.25) is 0 Å². The number of fused-ring (bicyclic) bond motifs is 4. The molecule has 2 atom stereocenters. The molecule has 1 aliphatic carbocycles. The average Bonchev–Trinajstić information content (AvgIpc) is 2.78. The van der Waals surface area contributed by atoms with E-state index in [9.17, 15) is 14.7 Å². The van der Waals surface area contributed by atoms with Crippen molar-refractivity contribution in [1.82, 2.24) is 4.90 Å². The number of aliphatic hydroxyl groups is 1. The zero-order valence-corrected chi connectivity index (χ0v) is 17.7. The summed E-state index contributed by atoms with van der Waals surface area (Å²) < 4.78 is 11.4. The number of rotatable bonds is 3. The van der Waals surface area contributed by atoms with E-state index in [2.05, 4.69) is 0 Å². The molecule has 0 unspecified atom stereocenters. The van der Waals surface area contributed by atoms with Gasteiger partial charge in [0.2, 0.25) is 0 Å². The number of likely N-dealkylation sites (tertiary alicyclic amines) is 1. The van der Waals surface area contributed by atoms with Gasteiger partial charge in [0, 0.05) is 30.0 Å². The second-order valence-corrected chi connectivity index (χ2v) is 8.93. The maximum absolute atomic E-state index is 12.8. The molecule has 3 aromatic rings. The van der Waals surface area contributed by atoms with Crippen LogP contribution in [-0.2, 0) is 4.79 Å². The number of hydrogen-bond acceptors (Lipinski definition) is 5. The van der Waals surface area contributed by atoms with Gasteiger partial charge in [-0.1, -0.05) is 31.0 Å². The summed E-state index contributed by atoms with van der Waals surface area (Å²) >= 11 is 0. The molecule has 1 N–H and O–H groups in total. The monoisotopic (exact) mass is 421 g/mol. The minimum atomic E-state index is -0.606. The Kier molecular flexibility index (Phi) is 4.97. The van der Waals surface area contributed by atoms with Crippen LogP contribution < -0.4 is 10.4 Å². The van der Waals surface area contributed by atoms with Crippen LogP contribution in [0, 0.1) is 12.8 Å². The molecule has 2 fully saturated rings. The van der Waals surface area contributed by atoms with Crippen LogP contribution >= 0.6 is 0 Å². The van der Waals surface area contributed by atoms with Gasteiger partial charge in [0.15, 0.2) is 6.61 Å². The smallest absolute Gasteiger partial charge is 0.344 e. The second kappa shape index (κ2) is 7.68. The number of benzene rings is 2. The van der Waals surface area contributed by atoms with Gasteiger partial charge < -0.3 is 19.2 Å². The number of aryl methyl sites for hydroxylation is 1. The fraction of sp³-hybridized carbons (Fsp3) is 0.440. The lowest BCUT2D eigenvalue weighted by Crippen LogP contribution is -2.55. The first-order chi connectivity index (χ1) is 15.0. The van der Waals surface area contributed by atoms with E-state index < -0.39 is 5.60 Å². The Morgan fingerprint density at radius 2 is 1.97 bits per heavy atom. The molecular formula is C25H27NO5. The van der Waals surface area contributed by atoms with E-state index in [1.165, 1.54) is 0 Å². The Morgan fingerprint density at radius 3 is 2.81 bits per heavy atom. The van der Waals surface area contributed by atoms with Crippen molar-refractivity contribution < 1.29 is 19.1 Å². The molecule has 0 spiro atoms. The number of hydrogen-bond donors (Lipinski definition) is 1. The lowest BCUT2D eigenvalue weighted by Gasteiger charge is -2.47. The Hall–Kier alpha value is -2.86. The maximum atomic E-state index is 12.8. The van der Waals surface area contributed by atoms with Crippen molar-refractivity contribution in [2.24, 2.45) is 5.92 Å². The summed E-state index contributed by atoms with van der Waals surface area (Å²) in [5.41, 5.74) is 0.200. The first kappa shape index (κ1) is 20.1. The summed E-state index contributed by atoms with van der Waals surface area (Å²) in [5.74, 6) is 0.612. The summed E-state index contributed by atoms with van der Waals surface area (Å²) in [6.07, 6.45) is 4.62. The van der Waals surface area contributed by atoms with Crippen LogP contribution in [0.5, 0.6) is 5.75 Å². The molecule has 162 valence electrons. The molecule has 5 rings (SSSR count). The van der Waals surface area contributed by atoms with Crippen molar-refractivity contribution in [3.8, 4) is 5.75 Å². The Balaban J connectivity index is 1.34. The third kappa shape index (κ3) is 3.49. The number of amides is 1. The molecule has 1 saturated carbocycles. The van der Waals surface area contributed by atoms with Crippen LogP contribution in [0.15, 0.2) is 45.6 Å². The first-order valence-electron chi connectivity index (χ1n) is 11.0. The summed E-state index contributed by atoms with van der Waals surface area (Å²) in [6.45, 7) is 2.92. The Bertz CT molecular complexity index is 1220. The molecule has 1 saturated heterocycles. The topological polar surface area (TPSA) is 80.0 Å². The SMILES string of the molecule is Cc1c(OCC(=O)N2CC[C@]3(O)CCCC[C@@H]3C2)ccc2c1oc(=O)c1ccccc12. The third-order valence-corrected chi connectivity index (χ3v) is 7.12. The summed E-state index contributed by atoms with van der Waals surface area (Å²) in [5, 5.41) is 13.1. The van der Waals surface area contributed by atoms with Crippen LogP contribution in [0.1, 0.15) is 37.7 Å². The molecule has 1 aromatic heterocycles. The Labute approximate surface area is 180 Å². The van der Waals surface area contributed by atoms with Crippen molar-refractivity contribution in [2.45, 2.75) is 44.6 Å². The van der Waals surface area contributed by atoms with E-state index in [0.717, 1.165) is 36.5 Å². The number of piperidine rings is 1. The van der Waals surface area contributed by atoms with E-state index in [1.54, 1.807) is 6.07 Å². The highest BCUT2D eigenvalue weighted by Crippen LogP contribution is 2.39. The predicted octanol–water partition coefficient (Wildman–Crippen LogP) is 3.79. The van der Waals surface area contributed by atoms with Crippen molar-refractivity contribution >= 4 is 27.6 Å². The number of carbonyl (C=O) groups excluding carboxylic acids is 1. The molecule has 6 nitrogen and oxygen atoms in total. The number of carbonyl (C=O) groups is 1. The van der Waals surface area contributed by atoms with Crippen LogP contribution in [0.25, 0.3) is 21.7 Å². The first-order valence-corrected chi connectivity index (χ1v) is 11.0. The molecular weight excluding hydrogens is 394 g/mol. The fourth-order valence-electron chi connectivity index (χ4n) is 5.25. The third-order valence-electron chi connectivity index (χ3n) is 7.12. The van der Waals surface area contributed by atoms with Gasteiger partial charge in [-0.05, 0) is 49.8 Å². The van der Waals surface area contributed by atoms with E-state index in [1.807, 2.05) is 42.2 Å². The highest BCUT2D eigenvalue weighted by Gasteiger charge is 2.43. The standard InChI is InChI=1S/C25H27NO5/c1-16-21(10-9-19-18-7-2-3-8-20(18)24(28)31-23(16)19)30-15-22(27)26-13-12-25(29)11-5-4-6-17(25)14-26/h2-3,7-10,17,29H,4-6,11-15H2,1H3/t17-,25-/m1/s1. The van der Waals surface area contributed by atoms with Crippen LogP contribution in [-0.4, -0.2) is 41.2 Å². The number of nitrogens with zero attached hydrogens (tertiary/aromatic N) is 1. The van der Waals surface area contributed by atoms with Crippen molar-refractivity contribution in [1.29, 1.82) is 0 Å². The van der Waals surface area contributed by atoms with E-state index >= 15 is 0 Å². The summed E-state index contributed by atoms with van der Waals surface area (Å²) in [6, 6.07) is 11.1. The molecule has 1 aliphatic heterocycles. The zero-order chi connectivity index (χ0) is 21.6. The van der Waals surface area contributed by atoms with Crippen molar-refractivity contribution in [2.75, 3.05) is 19.7 Å². The van der Waals surface area contributed by atoms with Gasteiger partial charge >= 0.3 is 5.63 Å². The Morgan fingerprint density at radius 1 is 1.16 bits per heavy atom. The van der Waals surface area contributed by atoms with Gasteiger partial charge in [-0.25, -0.2) is 4.79 Å². The minimum Gasteiger partial charge on any atom is -0.483 e. The minimum absolute atomic E-state index is 0.0741. The van der Waals surface area contributed by atoms with Gasteiger partial charge in [-0.3, -0.25) is 4.79 Å². The normalized spacial score (nSPS) is 23.7. The molecule has 0 bridgehead atoms. The molecule has 2 aromatic carbocycles. The highest BCUT2D eigenvalue weighted by atomic mass is 16.5. The molecule has 2 heterocycles. The van der Waals surface area contributed by atoms with Gasteiger partial charge in [-0.15, -0.1) is 0 Å². The number of ether oxygens (including phenoxy) is 1. The zero-order valence-electron chi connectivity index (χ0n) is 17.7. The van der Waals surface area contributed by atoms with Gasteiger partial charge in [0.05, 0.1) is 11.0 Å². The van der Waals surface area contributed by atoms with E-state index in [-0.39, 0.29) is 24.1 Å². The molecule has 2 aliphatic rings. The van der Waals surface area contributed by atoms with Crippen molar-refractivity contribution in [3.05, 3.63) is 52.4 Å². The quantitative estimate of drug-likeness (QED) is 0.514. The summed E-state index contributed by atoms with van der Waals surface area (Å²) in [7, 11) is 0. The molecule has 6 heteroatoms. The lowest BCUT2D eigenvalue weighted by molar-refractivity contribution is -0.145. The maximum Gasteiger partial charge on any atom is 0.344 e. The van der Waals surface area contributed by atoms with Gasteiger partial charge in [-0.2, -0.15) is 0 Å². The lowest BCUT2D eigenvalue weighted by atomic mass is 9.71. The summed E-state index contributed by atoms with van der Waals surface area (Å²) in [4.78, 5) is 27.0. The van der Waals surface area contributed by atoms with E-state index in [0.29, 0.717) is 41.8 Å². The van der Waals surface area contributed by atoms with E-state index in [4.69, 9.17) is 9.15 Å². The fourth-order valence-corrected chi connectivity index (χ4v) is 5.25. The van der Waals surface area contributed by atoms with Gasteiger partial charge in [0.1, 0.15) is 11.3 Å². The highest BCUT2D eigenvalue weighted by molar-refractivity contribution is 6.05. The largest absolute Gasteiger partial charge is 0.483 e. The van der Waals surface area contributed by atoms with Crippen molar-refractivity contribution in [3.63, 3.8) is 0 Å². The predicted molar refractivity (Wildman–Crippen MR) is 118 cm³/mol. The van der Waals surface area contributed by atoms with Crippen LogP contribution in [0.4, 0.5) is 0 Å². The molecule has 0 radical (unpaired) electrons. The molecule has 31 heavy (non-hydrogen) atoms. The average molecular weight is 421 g/mol. The molecule has 1 amide bonds. The van der Waals surface area contributed by atoms with Gasteiger partial charge in [0.25, 0.3) is 5.91 Å². The second-order valence-electron chi connectivity index (χ2n) is 8.93.